The van der Waals surface area contributed by atoms with E-state index in [1.165, 1.54) is 0 Å². The SMILES string of the molecule is c1ccc(-c2nccc3[nH]c(-c4[nH]nc5ncc(-c6cncc(OC7CCNCC7)c6)cc45)cc23)nc1. The van der Waals surface area contributed by atoms with Crippen LogP contribution in [0.5, 0.6) is 5.75 Å². The Labute approximate surface area is 212 Å². The Kier molecular flexibility index (Phi) is 5.32. The monoisotopic (exact) mass is 488 g/mol. The Hall–Kier alpha value is -4.63. The molecule has 1 fully saturated rings. The molecule has 0 atom stereocenters. The second-order valence-corrected chi connectivity index (χ2v) is 9.19. The summed E-state index contributed by atoms with van der Waals surface area (Å²) < 4.78 is 6.21. The van der Waals surface area contributed by atoms with Gasteiger partial charge in [0, 0.05) is 52.2 Å². The number of H-pyrrole nitrogens is 2. The Morgan fingerprint density at radius 3 is 2.65 bits per heavy atom. The molecule has 0 amide bonds. The first-order valence-corrected chi connectivity index (χ1v) is 12.4. The summed E-state index contributed by atoms with van der Waals surface area (Å²) in [6.45, 7) is 1.96. The number of ether oxygens (including phenoxy) is 1. The van der Waals surface area contributed by atoms with Crippen molar-refractivity contribution in [2.24, 2.45) is 0 Å². The van der Waals surface area contributed by atoms with Gasteiger partial charge >= 0.3 is 0 Å². The minimum absolute atomic E-state index is 0.215. The van der Waals surface area contributed by atoms with Crippen molar-refractivity contribution in [2.75, 3.05) is 13.1 Å². The summed E-state index contributed by atoms with van der Waals surface area (Å²) in [7, 11) is 0. The molecule has 7 rings (SSSR count). The van der Waals surface area contributed by atoms with Gasteiger partial charge in [0.2, 0.25) is 0 Å². The smallest absolute Gasteiger partial charge is 0.181 e. The van der Waals surface area contributed by atoms with Crippen molar-refractivity contribution in [3.63, 3.8) is 0 Å². The van der Waals surface area contributed by atoms with Crippen LogP contribution in [0.4, 0.5) is 0 Å². The van der Waals surface area contributed by atoms with Gasteiger partial charge in [0.25, 0.3) is 0 Å². The van der Waals surface area contributed by atoms with Crippen LogP contribution >= 0.6 is 0 Å². The summed E-state index contributed by atoms with van der Waals surface area (Å²) in [4.78, 5) is 21.6. The van der Waals surface area contributed by atoms with Crippen molar-refractivity contribution in [1.82, 2.24) is 40.4 Å². The van der Waals surface area contributed by atoms with Crippen molar-refractivity contribution in [1.29, 1.82) is 0 Å². The number of fused-ring (bicyclic) bond motifs is 2. The van der Waals surface area contributed by atoms with Gasteiger partial charge in [-0.1, -0.05) is 6.07 Å². The molecule has 37 heavy (non-hydrogen) atoms. The first kappa shape index (κ1) is 21.6. The minimum Gasteiger partial charge on any atom is -0.489 e. The third-order valence-electron chi connectivity index (χ3n) is 6.77. The van der Waals surface area contributed by atoms with E-state index in [-0.39, 0.29) is 6.10 Å². The Balaban J connectivity index is 1.26. The average molecular weight is 489 g/mol. The van der Waals surface area contributed by atoms with Crippen LogP contribution in [0.3, 0.4) is 0 Å². The topological polar surface area (TPSA) is 117 Å². The average Bonchev–Trinajstić information content (AvgIpc) is 3.58. The molecule has 182 valence electrons. The molecule has 0 spiro atoms. The van der Waals surface area contributed by atoms with E-state index in [4.69, 9.17) is 4.74 Å². The summed E-state index contributed by atoms with van der Waals surface area (Å²) in [6.07, 6.45) is 11.2. The molecule has 1 saturated heterocycles. The van der Waals surface area contributed by atoms with Crippen molar-refractivity contribution in [3.05, 3.63) is 73.4 Å². The van der Waals surface area contributed by atoms with Crippen LogP contribution < -0.4 is 10.1 Å². The summed E-state index contributed by atoms with van der Waals surface area (Å²) in [5.74, 6) is 0.780. The number of piperidine rings is 1. The Morgan fingerprint density at radius 1 is 0.838 bits per heavy atom. The number of hydrogen-bond donors (Lipinski definition) is 3. The molecule has 1 aliphatic heterocycles. The maximum absolute atomic E-state index is 6.21. The lowest BCUT2D eigenvalue weighted by atomic mass is 10.1. The Morgan fingerprint density at radius 2 is 1.76 bits per heavy atom. The standard InChI is InChI=1S/C28H24N8O/c1-2-7-31-24(3-1)26-21-13-25(34-23(21)6-10-32-26)27-22-12-18(15-33-28(22)36-35-27)17-11-20(16-30-14-17)37-19-4-8-29-9-5-19/h1-3,6-7,10-16,19,29,34H,4-5,8-9H2,(H,33,35,36). The van der Waals surface area contributed by atoms with Crippen LogP contribution in [0.2, 0.25) is 0 Å². The van der Waals surface area contributed by atoms with Gasteiger partial charge in [0.1, 0.15) is 11.9 Å². The maximum Gasteiger partial charge on any atom is 0.181 e. The van der Waals surface area contributed by atoms with E-state index in [0.717, 1.165) is 81.9 Å². The van der Waals surface area contributed by atoms with E-state index in [1.54, 1.807) is 18.6 Å². The van der Waals surface area contributed by atoms with Crippen LogP contribution in [-0.2, 0) is 0 Å². The van der Waals surface area contributed by atoms with E-state index in [9.17, 15) is 0 Å². The van der Waals surface area contributed by atoms with Crippen molar-refractivity contribution < 1.29 is 4.74 Å². The van der Waals surface area contributed by atoms with E-state index in [1.807, 2.05) is 42.7 Å². The molecule has 3 N–H and O–H groups in total. The molecule has 9 nitrogen and oxygen atoms in total. The molecule has 0 radical (unpaired) electrons. The second kappa shape index (κ2) is 9.11. The van der Waals surface area contributed by atoms with Crippen molar-refractivity contribution >= 4 is 21.9 Å². The number of aromatic amines is 2. The number of nitrogens with zero attached hydrogens (tertiary/aromatic N) is 5. The fraction of sp³-hybridized carbons (Fsp3) is 0.179. The molecule has 0 bridgehead atoms. The number of hydrogen-bond acceptors (Lipinski definition) is 7. The molecular weight excluding hydrogens is 464 g/mol. The van der Waals surface area contributed by atoms with Gasteiger partial charge in [-0.2, -0.15) is 5.10 Å². The Bertz CT molecular complexity index is 1700. The number of pyridine rings is 4. The van der Waals surface area contributed by atoms with Crippen LogP contribution in [0.1, 0.15) is 12.8 Å². The van der Waals surface area contributed by atoms with E-state index in [2.05, 4.69) is 52.6 Å². The first-order chi connectivity index (χ1) is 18.3. The molecule has 0 aliphatic carbocycles. The third-order valence-corrected chi connectivity index (χ3v) is 6.77. The maximum atomic E-state index is 6.21. The van der Waals surface area contributed by atoms with Gasteiger partial charge in [-0.25, -0.2) is 4.98 Å². The molecule has 1 aliphatic rings. The zero-order valence-corrected chi connectivity index (χ0v) is 20.0. The lowest BCUT2D eigenvalue weighted by Crippen LogP contribution is -2.34. The first-order valence-electron chi connectivity index (χ1n) is 12.4. The predicted octanol–water partition coefficient (Wildman–Crippen LogP) is 4.76. The van der Waals surface area contributed by atoms with Crippen LogP contribution in [0.25, 0.3) is 55.8 Å². The fourth-order valence-corrected chi connectivity index (χ4v) is 4.91. The molecule has 0 unspecified atom stereocenters. The molecule has 0 aromatic carbocycles. The number of aromatic nitrogens is 7. The van der Waals surface area contributed by atoms with Crippen molar-refractivity contribution in [2.45, 2.75) is 18.9 Å². The lowest BCUT2D eigenvalue weighted by Gasteiger charge is -2.23. The van der Waals surface area contributed by atoms with Crippen LogP contribution in [0, 0.1) is 0 Å². The molecule has 6 aromatic rings. The highest BCUT2D eigenvalue weighted by Gasteiger charge is 2.17. The minimum atomic E-state index is 0.215. The van der Waals surface area contributed by atoms with E-state index in [0.29, 0.717) is 5.65 Å². The molecule has 0 saturated carbocycles. The molecule has 9 heteroatoms. The normalized spacial score (nSPS) is 14.4. The van der Waals surface area contributed by atoms with Crippen LogP contribution in [0.15, 0.2) is 73.4 Å². The summed E-state index contributed by atoms with van der Waals surface area (Å²) >= 11 is 0. The fourth-order valence-electron chi connectivity index (χ4n) is 4.91. The highest BCUT2D eigenvalue weighted by atomic mass is 16.5. The van der Waals surface area contributed by atoms with Gasteiger partial charge < -0.3 is 15.0 Å². The molecule has 6 aromatic heterocycles. The lowest BCUT2D eigenvalue weighted by molar-refractivity contribution is 0.162. The third kappa shape index (κ3) is 4.09. The number of nitrogens with one attached hydrogen (secondary N) is 3. The van der Waals surface area contributed by atoms with Crippen LogP contribution in [-0.4, -0.2) is 54.3 Å². The van der Waals surface area contributed by atoms with Crippen molar-refractivity contribution in [3.8, 4) is 39.7 Å². The van der Waals surface area contributed by atoms with E-state index >= 15 is 0 Å². The second-order valence-electron chi connectivity index (χ2n) is 9.19. The highest BCUT2D eigenvalue weighted by Crippen LogP contribution is 2.33. The largest absolute Gasteiger partial charge is 0.489 e. The summed E-state index contributed by atoms with van der Waals surface area (Å²) in [6, 6.07) is 14.0. The molecular formula is C28H24N8O. The van der Waals surface area contributed by atoms with Gasteiger partial charge in [-0.15, -0.1) is 0 Å². The van der Waals surface area contributed by atoms with Gasteiger partial charge in [-0.3, -0.25) is 20.1 Å². The zero-order chi connectivity index (χ0) is 24.6. The zero-order valence-electron chi connectivity index (χ0n) is 20.0. The summed E-state index contributed by atoms with van der Waals surface area (Å²) in [5.41, 5.74) is 6.96. The van der Waals surface area contributed by atoms with Gasteiger partial charge in [0.15, 0.2) is 5.65 Å². The predicted molar refractivity (Wildman–Crippen MR) is 142 cm³/mol. The quantitative estimate of drug-likeness (QED) is 0.320. The van der Waals surface area contributed by atoms with Gasteiger partial charge in [0.05, 0.1) is 29.0 Å². The van der Waals surface area contributed by atoms with Gasteiger partial charge in [-0.05, 0) is 62.3 Å². The summed E-state index contributed by atoms with van der Waals surface area (Å²) in [5, 5.41) is 12.9. The molecule has 7 heterocycles. The van der Waals surface area contributed by atoms with E-state index < -0.39 is 0 Å². The highest BCUT2D eigenvalue weighted by molar-refractivity contribution is 5.99. The number of rotatable bonds is 5.